The second-order valence-electron chi connectivity index (χ2n) is 6.03. The minimum Gasteiger partial charge on any atom is -0.338 e. The highest BCUT2D eigenvalue weighted by atomic mass is 16.2. The fourth-order valence-corrected chi connectivity index (χ4v) is 3.55. The first-order valence-corrected chi connectivity index (χ1v) is 7.70. The van der Waals surface area contributed by atoms with Crippen LogP contribution < -0.4 is 5.32 Å². The van der Waals surface area contributed by atoms with E-state index in [9.17, 15) is 9.59 Å². The zero-order chi connectivity index (χ0) is 14.1. The number of hydrogen-bond donors (Lipinski definition) is 1. The van der Waals surface area contributed by atoms with Crippen molar-refractivity contribution in [2.24, 2.45) is 0 Å². The predicted octanol–water partition coefficient (Wildman–Crippen LogP) is -0.887. The molecule has 0 saturated carbocycles. The molecule has 0 aromatic heterocycles. The molecule has 20 heavy (non-hydrogen) atoms. The van der Waals surface area contributed by atoms with Crippen molar-refractivity contribution < 1.29 is 9.59 Å². The molecular weight excluding hydrogens is 256 g/mol. The van der Waals surface area contributed by atoms with Gasteiger partial charge in [0, 0.05) is 58.3 Å². The normalized spacial score (nSPS) is 29.4. The van der Waals surface area contributed by atoms with E-state index in [1.54, 1.807) is 0 Å². The van der Waals surface area contributed by atoms with Crippen LogP contribution in [-0.4, -0.2) is 84.4 Å². The smallest absolute Gasteiger partial charge is 0.239 e. The average molecular weight is 280 g/mol. The number of rotatable bonds is 2. The summed E-state index contributed by atoms with van der Waals surface area (Å²) in [5, 5.41) is 3.31. The van der Waals surface area contributed by atoms with Crippen LogP contribution in [0.2, 0.25) is 0 Å². The molecule has 3 aliphatic heterocycles. The van der Waals surface area contributed by atoms with Gasteiger partial charge in [-0.25, -0.2) is 0 Å². The van der Waals surface area contributed by atoms with Gasteiger partial charge in [-0.05, 0) is 13.3 Å². The van der Waals surface area contributed by atoms with Crippen LogP contribution in [0.4, 0.5) is 0 Å². The van der Waals surface area contributed by atoms with Gasteiger partial charge >= 0.3 is 0 Å². The Labute approximate surface area is 120 Å². The SMILES string of the molecule is CC(C(=O)N1CCN2C(=O)CCC2C1)N1CCNCC1. The van der Waals surface area contributed by atoms with Crippen LogP contribution in [0, 0.1) is 0 Å². The molecular formula is C14H24N4O2. The van der Waals surface area contributed by atoms with Gasteiger partial charge < -0.3 is 15.1 Å². The van der Waals surface area contributed by atoms with Crippen molar-refractivity contribution in [1.29, 1.82) is 0 Å². The molecule has 3 rings (SSSR count). The molecule has 2 atom stereocenters. The van der Waals surface area contributed by atoms with Crippen LogP contribution in [0.25, 0.3) is 0 Å². The lowest BCUT2D eigenvalue weighted by atomic mass is 10.1. The lowest BCUT2D eigenvalue weighted by molar-refractivity contribution is -0.142. The van der Waals surface area contributed by atoms with Crippen molar-refractivity contribution in [3.63, 3.8) is 0 Å². The summed E-state index contributed by atoms with van der Waals surface area (Å²) in [6, 6.07) is 0.219. The van der Waals surface area contributed by atoms with Gasteiger partial charge in [0.25, 0.3) is 0 Å². The van der Waals surface area contributed by atoms with Crippen LogP contribution in [0.1, 0.15) is 19.8 Å². The molecule has 112 valence electrons. The van der Waals surface area contributed by atoms with Crippen molar-refractivity contribution >= 4 is 11.8 Å². The highest BCUT2D eigenvalue weighted by Gasteiger charge is 2.38. The summed E-state index contributed by atoms with van der Waals surface area (Å²) in [5.74, 6) is 0.489. The van der Waals surface area contributed by atoms with E-state index >= 15 is 0 Å². The largest absolute Gasteiger partial charge is 0.338 e. The Morgan fingerprint density at radius 2 is 2.00 bits per heavy atom. The van der Waals surface area contributed by atoms with E-state index in [-0.39, 0.29) is 23.9 Å². The zero-order valence-electron chi connectivity index (χ0n) is 12.2. The van der Waals surface area contributed by atoms with Gasteiger partial charge in [-0.15, -0.1) is 0 Å². The lowest BCUT2D eigenvalue weighted by Crippen LogP contribution is -2.58. The molecule has 0 bridgehead atoms. The molecule has 0 aliphatic carbocycles. The number of piperazine rings is 2. The molecule has 2 amide bonds. The summed E-state index contributed by atoms with van der Waals surface area (Å²) in [4.78, 5) is 30.5. The minimum atomic E-state index is -0.0410. The van der Waals surface area contributed by atoms with Crippen LogP contribution in [0.15, 0.2) is 0 Å². The van der Waals surface area contributed by atoms with Crippen molar-refractivity contribution in [3.8, 4) is 0 Å². The monoisotopic (exact) mass is 280 g/mol. The second-order valence-corrected chi connectivity index (χ2v) is 6.03. The summed E-state index contributed by atoms with van der Waals surface area (Å²) < 4.78 is 0. The first kappa shape index (κ1) is 13.8. The summed E-state index contributed by atoms with van der Waals surface area (Å²) >= 11 is 0. The molecule has 0 spiro atoms. The summed E-state index contributed by atoms with van der Waals surface area (Å²) in [6.07, 6.45) is 1.56. The maximum Gasteiger partial charge on any atom is 0.239 e. The maximum absolute atomic E-state index is 12.6. The molecule has 3 fully saturated rings. The lowest BCUT2D eigenvalue weighted by Gasteiger charge is -2.41. The fourth-order valence-electron chi connectivity index (χ4n) is 3.55. The average Bonchev–Trinajstić information content (AvgIpc) is 2.87. The topological polar surface area (TPSA) is 55.9 Å². The number of carbonyl (C=O) groups is 2. The number of fused-ring (bicyclic) bond motifs is 1. The highest BCUT2D eigenvalue weighted by Crippen LogP contribution is 2.23. The van der Waals surface area contributed by atoms with Gasteiger partial charge in [0.15, 0.2) is 0 Å². The van der Waals surface area contributed by atoms with E-state index in [1.807, 2.05) is 16.7 Å². The number of carbonyl (C=O) groups excluding carboxylic acids is 2. The Balaban J connectivity index is 1.58. The van der Waals surface area contributed by atoms with E-state index < -0.39 is 0 Å². The van der Waals surface area contributed by atoms with Crippen LogP contribution in [-0.2, 0) is 9.59 Å². The maximum atomic E-state index is 12.6. The second kappa shape index (κ2) is 5.69. The summed E-state index contributed by atoms with van der Waals surface area (Å²) in [7, 11) is 0. The van der Waals surface area contributed by atoms with E-state index in [2.05, 4.69) is 10.2 Å². The quantitative estimate of drug-likeness (QED) is 0.713. The Morgan fingerprint density at radius 3 is 2.75 bits per heavy atom. The minimum absolute atomic E-state index is 0.0410. The Bertz CT molecular complexity index is 395. The molecule has 3 saturated heterocycles. The third-order valence-electron chi connectivity index (χ3n) is 4.86. The number of nitrogens with zero attached hydrogens (tertiary/aromatic N) is 3. The van der Waals surface area contributed by atoms with Crippen LogP contribution in [0.3, 0.4) is 0 Å². The highest BCUT2D eigenvalue weighted by molar-refractivity contribution is 5.83. The van der Waals surface area contributed by atoms with Crippen LogP contribution in [0.5, 0.6) is 0 Å². The summed E-state index contributed by atoms with van der Waals surface area (Å²) in [5.41, 5.74) is 0. The molecule has 0 aromatic rings. The van der Waals surface area contributed by atoms with Gasteiger partial charge in [0.2, 0.25) is 11.8 Å². The standard InChI is InChI=1S/C14H24N4O2/c1-11(16-6-4-15-5-7-16)14(20)17-8-9-18-12(10-17)2-3-13(18)19/h11-12,15H,2-10H2,1H3. The Morgan fingerprint density at radius 1 is 1.25 bits per heavy atom. The van der Waals surface area contributed by atoms with Crippen LogP contribution >= 0.6 is 0 Å². The Kier molecular flexibility index (Phi) is 3.94. The first-order chi connectivity index (χ1) is 9.66. The predicted molar refractivity (Wildman–Crippen MR) is 75.2 cm³/mol. The van der Waals surface area contributed by atoms with Crippen molar-refractivity contribution in [2.45, 2.75) is 31.8 Å². The van der Waals surface area contributed by atoms with Gasteiger partial charge in [-0.3, -0.25) is 14.5 Å². The van der Waals surface area contributed by atoms with Gasteiger partial charge in [0.05, 0.1) is 6.04 Å². The number of amides is 2. The zero-order valence-corrected chi connectivity index (χ0v) is 12.2. The molecule has 0 radical (unpaired) electrons. The number of hydrogen-bond acceptors (Lipinski definition) is 4. The summed E-state index contributed by atoms with van der Waals surface area (Å²) in [6.45, 7) is 7.94. The van der Waals surface area contributed by atoms with Gasteiger partial charge in [-0.1, -0.05) is 0 Å². The third-order valence-corrected chi connectivity index (χ3v) is 4.86. The van der Waals surface area contributed by atoms with Crippen molar-refractivity contribution in [1.82, 2.24) is 20.0 Å². The van der Waals surface area contributed by atoms with Crippen molar-refractivity contribution in [3.05, 3.63) is 0 Å². The molecule has 0 aromatic carbocycles. The molecule has 3 heterocycles. The van der Waals surface area contributed by atoms with Crippen molar-refractivity contribution in [2.75, 3.05) is 45.8 Å². The van der Waals surface area contributed by atoms with Gasteiger partial charge in [0.1, 0.15) is 0 Å². The molecule has 1 N–H and O–H groups in total. The van der Waals surface area contributed by atoms with E-state index in [0.29, 0.717) is 19.5 Å². The first-order valence-electron chi connectivity index (χ1n) is 7.70. The number of nitrogens with one attached hydrogen (secondary N) is 1. The Hall–Kier alpha value is -1.14. The molecule has 3 aliphatic rings. The molecule has 6 nitrogen and oxygen atoms in total. The third kappa shape index (κ3) is 2.54. The molecule has 2 unspecified atom stereocenters. The van der Waals surface area contributed by atoms with E-state index in [4.69, 9.17) is 0 Å². The fraction of sp³-hybridized carbons (Fsp3) is 0.857. The van der Waals surface area contributed by atoms with E-state index in [1.165, 1.54) is 0 Å². The molecule has 6 heteroatoms. The van der Waals surface area contributed by atoms with E-state index in [0.717, 1.165) is 39.1 Å². The van der Waals surface area contributed by atoms with Gasteiger partial charge in [-0.2, -0.15) is 0 Å².